The Balaban J connectivity index is 1.64. The molecular formula is C17H19NO2. The van der Waals surface area contributed by atoms with Crippen LogP contribution in [0.2, 0.25) is 0 Å². The van der Waals surface area contributed by atoms with Crippen LogP contribution in [-0.2, 0) is 11.2 Å². The van der Waals surface area contributed by atoms with Crippen molar-refractivity contribution in [3.63, 3.8) is 0 Å². The molecule has 1 saturated heterocycles. The Morgan fingerprint density at radius 1 is 1.00 bits per heavy atom. The summed E-state index contributed by atoms with van der Waals surface area (Å²) in [5.41, 5.74) is 1.37. The monoisotopic (exact) mass is 269 g/mol. The van der Waals surface area contributed by atoms with Crippen molar-refractivity contribution in [2.75, 3.05) is 26.3 Å². The Morgan fingerprint density at radius 3 is 2.75 bits per heavy atom. The number of rotatable bonds is 1. The standard InChI is InChI=1S/C17H19NO2/c1-2-4-14-13(3-1)5-7-16-15(14)6-8-17(20-16)18-9-11-19-12-10-18/h1-5,7,17H,6,8-12H2. The Hall–Kier alpha value is -1.58. The van der Waals surface area contributed by atoms with Crippen LogP contribution in [0.4, 0.5) is 0 Å². The Kier molecular flexibility index (Phi) is 3.09. The topological polar surface area (TPSA) is 21.7 Å². The van der Waals surface area contributed by atoms with Crippen LogP contribution in [0.1, 0.15) is 12.0 Å². The van der Waals surface area contributed by atoms with E-state index in [9.17, 15) is 0 Å². The molecule has 104 valence electrons. The van der Waals surface area contributed by atoms with Gasteiger partial charge in [-0.1, -0.05) is 30.3 Å². The van der Waals surface area contributed by atoms with E-state index in [0.717, 1.165) is 44.9 Å². The molecule has 0 N–H and O–H groups in total. The molecule has 0 aliphatic carbocycles. The minimum Gasteiger partial charge on any atom is -0.475 e. The molecule has 1 unspecified atom stereocenters. The van der Waals surface area contributed by atoms with E-state index in [1.807, 2.05) is 0 Å². The van der Waals surface area contributed by atoms with Gasteiger partial charge < -0.3 is 9.47 Å². The van der Waals surface area contributed by atoms with Crippen LogP contribution < -0.4 is 4.74 Å². The SMILES string of the molecule is c1ccc2c3c(ccc2c1)OC(N1CCOCC1)CC3. The molecule has 2 aliphatic rings. The summed E-state index contributed by atoms with van der Waals surface area (Å²) < 4.78 is 11.7. The molecular weight excluding hydrogens is 250 g/mol. The fraction of sp³-hybridized carbons (Fsp3) is 0.412. The Morgan fingerprint density at radius 2 is 1.85 bits per heavy atom. The minimum atomic E-state index is 0.215. The van der Waals surface area contributed by atoms with Gasteiger partial charge in [0.05, 0.1) is 13.2 Å². The number of fused-ring (bicyclic) bond motifs is 3. The van der Waals surface area contributed by atoms with Gasteiger partial charge >= 0.3 is 0 Å². The summed E-state index contributed by atoms with van der Waals surface area (Å²) in [6.07, 6.45) is 2.38. The van der Waals surface area contributed by atoms with Crippen LogP contribution in [0.5, 0.6) is 5.75 Å². The molecule has 0 spiro atoms. The van der Waals surface area contributed by atoms with Crippen LogP contribution in [0.25, 0.3) is 10.8 Å². The summed E-state index contributed by atoms with van der Waals surface area (Å²) in [5, 5.41) is 2.64. The maximum absolute atomic E-state index is 6.25. The number of morpholine rings is 1. The van der Waals surface area contributed by atoms with Gasteiger partial charge in [0, 0.05) is 25.1 Å². The molecule has 3 heteroatoms. The number of ether oxygens (including phenoxy) is 2. The predicted octanol–water partition coefficient (Wildman–Crippen LogP) is 2.82. The highest BCUT2D eigenvalue weighted by Crippen LogP contribution is 2.34. The zero-order valence-corrected chi connectivity index (χ0v) is 11.5. The van der Waals surface area contributed by atoms with E-state index >= 15 is 0 Å². The largest absolute Gasteiger partial charge is 0.475 e. The first-order chi connectivity index (χ1) is 9.92. The third kappa shape index (κ3) is 2.07. The second-order valence-corrected chi connectivity index (χ2v) is 5.52. The lowest BCUT2D eigenvalue weighted by Crippen LogP contribution is -2.47. The van der Waals surface area contributed by atoms with Gasteiger partial charge in [-0.05, 0) is 23.3 Å². The van der Waals surface area contributed by atoms with Crippen molar-refractivity contribution in [1.82, 2.24) is 4.90 Å². The summed E-state index contributed by atoms with van der Waals surface area (Å²) in [6, 6.07) is 12.9. The van der Waals surface area contributed by atoms with Crippen molar-refractivity contribution >= 4 is 10.8 Å². The lowest BCUT2D eigenvalue weighted by Gasteiger charge is -2.37. The first-order valence-corrected chi connectivity index (χ1v) is 7.41. The summed E-state index contributed by atoms with van der Waals surface area (Å²) in [4.78, 5) is 2.40. The van der Waals surface area contributed by atoms with Crippen molar-refractivity contribution in [3.8, 4) is 5.75 Å². The van der Waals surface area contributed by atoms with Crippen LogP contribution in [0.15, 0.2) is 36.4 Å². The third-order valence-electron chi connectivity index (χ3n) is 4.35. The number of nitrogens with zero attached hydrogens (tertiary/aromatic N) is 1. The maximum Gasteiger partial charge on any atom is 0.153 e. The van der Waals surface area contributed by atoms with Crippen LogP contribution in [0, 0.1) is 0 Å². The predicted molar refractivity (Wildman–Crippen MR) is 79.1 cm³/mol. The fourth-order valence-electron chi connectivity index (χ4n) is 3.28. The second-order valence-electron chi connectivity index (χ2n) is 5.52. The van der Waals surface area contributed by atoms with Gasteiger partial charge in [0.25, 0.3) is 0 Å². The molecule has 1 fully saturated rings. The Bertz CT molecular complexity index is 619. The lowest BCUT2D eigenvalue weighted by molar-refractivity contribution is -0.0532. The Labute approximate surface area is 119 Å². The van der Waals surface area contributed by atoms with E-state index < -0.39 is 0 Å². The first kappa shape index (κ1) is 12.2. The van der Waals surface area contributed by atoms with Crippen LogP contribution >= 0.6 is 0 Å². The van der Waals surface area contributed by atoms with Crippen molar-refractivity contribution < 1.29 is 9.47 Å². The van der Waals surface area contributed by atoms with E-state index in [1.165, 1.54) is 16.3 Å². The summed E-state index contributed by atoms with van der Waals surface area (Å²) in [7, 11) is 0. The van der Waals surface area contributed by atoms with Gasteiger partial charge in [0.15, 0.2) is 6.23 Å². The van der Waals surface area contributed by atoms with Gasteiger partial charge in [0.1, 0.15) is 5.75 Å². The van der Waals surface area contributed by atoms with E-state index in [0.29, 0.717) is 0 Å². The van der Waals surface area contributed by atoms with E-state index in [2.05, 4.69) is 41.3 Å². The minimum absolute atomic E-state index is 0.215. The van der Waals surface area contributed by atoms with Crippen molar-refractivity contribution in [1.29, 1.82) is 0 Å². The average Bonchev–Trinajstić information content (AvgIpc) is 2.55. The third-order valence-corrected chi connectivity index (χ3v) is 4.35. The maximum atomic E-state index is 6.25. The van der Waals surface area contributed by atoms with E-state index in [-0.39, 0.29) is 6.23 Å². The van der Waals surface area contributed by atoms with Crippen molar-refractivity contribution in [3.05, 3.63) is 42.0 Å². The van der Waals surface area contributed by atoms with Crippen molar-refractivity contribution in [2.24, 2.45) is 0 Å². The quantitative estimate of drug-likeness (QED) is 0.794. The number of benzene rings is 2. The van der Waals surface area contributed by atoms with Gasteiger partial charge in [-0.15, -0.1) is 0 Å². The molecule has 0 amide bonds. The molecule has 2 aromatic carbocycles. The highest BCUT2D eigenvalue weighted by atomic mass is 16.5. The van der Waals surface area contributed by atoms with Crippen LogP contribution in [0.3, 0.4) is 0 Å². The summed E-state index contributed by atoms with van der Waals surface area (Å²) in [5.74, 6) is 1.06. The fourth-order valence-corrected chi connectivity index (χ4v) is 3.28. The van der Waals surface area contributed by atoms with E-state index in [4.69, 9.17) is 9.47 Å². The average molecular weight is 269 g/mol. The number of hydrogen-bond donors (Lipinski definition) is 0. The summed E-state index contributed by atoms with van der Waals surface area (Å²) >= 11 is 0. The smallest absolute Gasteiger partial charge is 0.153 e. The van der Waals surface area contributed by atoms with Gasteiger partial charge in [-0.25, -0.2) is 0 Å². The molecule has 4 rings (SSSR count). The zero-order valence-electron chi connectivity index (χ0n) is 11.5. The molecule has 2 aliphatic heterocycles. The van der Waals surface area contributed by atoms with Crippen molar-refractivity contribution in [2.45, 2.75) is 19.1 Å². The first-order valence-electron chi connectivity index (χ1n) is 7.41. The van der Waals surface area contributed by atoms with Gasteiger partial charge in [-0.3, -0.25) is 4.90 Å². The molecule has 0 radical (unpaired) electrons. The molecule has 1 atom stereocenters. The lowest BCUT2D eigenvalue weighted by atomic mass is 9.97. The zero-order chi connectivity index (χ0) is 13.4. The summed E-state index contributed by atoms with van der Waals surface area (Å²) in [6.45, 7) is 3.61. The van der Waals surface area contributed by atoms with Gasteiger partial charge in [-0.2, -0.15) is 0 Å². The number of aryl methyl sites for hydroxylation is 1. The van der Waals surface area contributed by atoms with Crippen LogP contribution in [-0.4, -0.2) is 37.4 Å². The van der Waals surface area contributed by atoms with E-state index in [1.54, 1.807) is 0 Å². The van der Waals surface area contributed by atoms with Gasteiger partial charge in [0.2, 0.25) is 0 Å². The molecule has 2 aromatic rings. The molecule has 2 heterocycles. The molecule has 3 nitrogen and oxygen atoms in total. The normalized spacial score (nSPS) is 23.3. The number of hydrogen-bond acceptors (Lipinski definition) is 3. The highest BCUT2D eigenvalue weighted by Gasteiger charge is 2.27. The molecule has 20 heavy (non-hydrogen) atoms. The molecule has 0 bridgehead atoms. The highest BCUT2D eigenvalue weighted by molar-refractivity contribution is 5.87. The molecule has 0 saturated carbocycles. The molecule has 0 aromatic heterocycles. The second kappa shape index (κ2) is 5.08.